The maximum Gasteiger partial charge on any atom is 0.241 e. The second-order valence-electron chi connectivity index (χ2n) is 12.8. The molecule has 4 aliphatic rings. The minimum atomic E-state index is -1.20. The van der Waals surface area contributed by atoms with E-state index in [1.165, 1.54) is 22.8 Å². The summed E-state index contributed by atoms with van der Waals surface area (Å²) in [4.78, 5) is 71.2. The molecule has 4 amide bonds. The Morgan fingerprint density at radius 2 is 1.59 bits per heavy atom. The maximum atomic E-state index is 14.5. The van der Waals surface area contributed by atoms with Crippen LogP contribution < -0.4 is 14.5 Å². The van der Waals surface area contributed by atoms with Gasteiger partial charge in [-0.05, 0) is 93.6 Å². The topological polar surface area (TPSA) is 121 Å². The zero-order valence-electron chi connectivity index (χ0n) is 25.8. The summed E-state index contributed by atoms with van der Waals surface area (Å²) >= 11 is 0. The number of hydrogen-bond donors (Lipinski definition) is 1. The number of rotatable bonds is 6. The Morgan fingerprint density at radius 1 is 0.891 bits per heavy atom. The molecular formula is C37H34N2O7. The molecule has 1 saturated carbocycles. The molecule has 3 aromatic carbocycles. The number of phenols is 1. The van der Waals surface area contributed by atoms with E-state index in [2.05, 4.69) is 0 Å². The van der Waals surface area contributed by atoms with Gasteiger partial charge >= 0.3 is 0 Å². The van der Waals surface area contributed by atoms with Gasteiger partial charge in [-0.3, -0.25) is 28.9 Å². The van der Waals surface area contributed by atoms with Gasteiger partial charge in [0.05, 0.1) is 41.2 Å². The second-order valence-corrected chi connectivity index (χ2v) is 12.8. The van der Waals surface area contributed by atoms with Crippen LogP contribution in [-0.2, 0) is 19.2 Å². The lowest BCUT2D eigenvalue weighted by Crippen LogP contribution is -2.48. The summed E-state index contributed by atoms with van der Waals surface area (Å²) in [5, 5.41) is 10.5. The zero-order chi connectivity index (χ0) is 32.5. The second kappa shape index (κ2) is 10.8. The molecule has 2 aliphatic carbocycles. The molecule has 0 spiro atoms. The molecule has 3 aromatic rings. The molecule has 3 fully saturated rings. The van der Waals surface area contributed by atoms with Gasteiger partial charge < -0.3 is 9.84 Å². The van der Waals surface area contributed by atoms with Crippen molar-refractivity contribution in [1.82, 2.24) is 0 Å². The molecule has 0 bridgehead atoms. The number of fused-ring (bicyclic) bond motifs is 4. The van der Waals surface area contributed by atoms with Crippen molar-refractivity contribution in [1.29, 1.82) is 0 Å². The van der Waals surface area contributed by atoms with Crippen LogP contribution in [0.1, 0.15) is 55.5 Å². The van der Waals surface area contributed by atoms with Crippen LogP contribution >= 0.6 is 0 Å². The fourth-order valence-electron chi connectivity index (χ4n) is 8.30. The molecule has 0 aromatic heterocycles. The van der Waals surface area contributed by atoms with E-state index in [1.54, 1.807) is 60.7 Å². The molecule has 2 heterocycles. The van der Waals surface area contributed by atoms with E-state index in [1.807, 2.05) is 26.0 Å². The van der Waals surface area contributed by atoms with Crippen molar-refractivity contribution in [2.75, 3.05) is 16.4 Å². The molecule has 2 aliphatic heterocycles. The summed E-state index contributed by atoms with van der Waals surface area (Å²) in [6, 6.07) is 20.3. The third-order valence-corrected chi connectivity index (χ3v) is 10.4. The lowest BCUT2D eigenvalue weighted by Gasteiger charge is -2.49. The van der Waals surface area contributed by atoms with Crippen molar-refractivity contribution in [3.63, 3.8) is 0 Å². The Bertz CT molecular complexity index is 1830. The highest BCUT2D eigenvalue weighted by Gasteiger charge is 2.67. The van der Waals surface area contributed by atoms with Crippen LogP contribution in [0.15, 0.2) is 84.4 Å². The van der Waals surface area contributed by atoms with Crippen molar-refractivity contribution >= 4 is 40.8 Å². The highest BCUT2D eigenvalue weighted by molar-refractivity contribution is 6.25. The van der Waals surface area contributed by atoms with Crippen LogP contribution in [0.3, 0.4) is 0 Å². The monoisotopic (exact) mass is 618 g/mol. The Morgan fingerprint density at radius 3 is 2.26 bits per heavy atom. The van der Waals surface area contributed by atoms with E-state index < -0.39 is 35.0 Å². The first-order chi connectivity index (χ1) is 22.1. The number of amides is 4. The molecule has 2 saturated heterocycles. The van der Waals surface area contributed by atoms with Crippen molar-refractivity contribution < 1.29 is 33.8 Å². The summed E-state index contributed by atoms with van der Waals surface area (Å²) < 4.78 is 5.72. The normalized spacial score (nSPS) is 28.5. The number of Topliss-reactive ketones (excluding diaryl/α,β-unsaturated/α-hetero) is 1. The van der Waals surface area contributed by atoms with Crippen LogP contribution in [-0.4, -0.2) is 41.1 Å². The molecule has 6 atom stereocenters. The third-order valence-electron chi connectivity index (χ3n) is 10.4. The van der Waals surface area contributed by atoms with Gasteiger partial charge in [-0.2, -0.15) is 0 Å². The minimum Gasteiger partial charge on any atom is -0.504 e. The number of carbonyl (C=O) groups is 5. The molecule has 7 rings (SSSR count). The number of aromatic hydroxyl groups is 1. The van der Waals surface area contributed by atoms with E-state index in [-0.39, 0.29) is 47.3 Å². The molecule has 46 heavy (non-hydrogen) atoms. The van der Waals surface area contributed by atoms with E-state index in [0.29, 0.717) is 35.5 Å². The van der Waals surface area contributed by atoms with Gasteiger partial charge in [0.15, 0.2) is 17.3 Å². The highest BCUT2D eigenvalue weighted by Crippen LogP contribution is 2.64. The van der Waals surface area contributed by atoms with Gasteiger partial charge in [0.2, 0.25) is 23.6 Å². The first kappa shape index (κ1) is 29.6. The Balaban J connectivity index is 1.35. The van der Waals surface area contributed by atoms with Gasteiger partial charge in [0, 0.05) is 11.5 Å². The van der Waals surface area contributed by atoms with E-state index in [4.69, 9.17) is 4.74 Å². The van der Waals surface area contributed by atoms with Crippen LogP contribution in [0.2, 0.25) is 0 Å². The number of anilines is 2. The standard InChI is InChI=1S/C37H34N2O7/c1-4-46-30-18-22(12-17-29(30)41)32-25-15-16-26-31(35(44)38(33(26)42)24-13-10-21(11-14-24)20(2)40)27(25)19-28-34(43)39(36(45)37(28,32)3)23-8-6-5-7-9-23/h5-15,17-18,26-28,31-32,41H,4,16,19H2,1-3H3. The number of carbonyl (C=O) groups excluding carboxylic acids is 5. The first-order valence-corrected chi connectivity index (χ1v) is 15.7. The molecule has 6 unspecified atom stereocenters. The average molecular weight is 619 g/mol. The molecule has 0 radical (unpaired) electrons. The Hall–Kier alpha value is -5.05. The van der Waals surface area contributed by atoms with Gasteiger partial charge in [0.25, 0.3) is 0 Å². The number of phenolic OH excluding ortho intramolecular Hbond substituents is 1. The number of para-hydroxylation sites is 1. The van der Waals surface area contributed by atoms with Crippen LogP contribution in [0.25, 0.3) is 0 Å². The summed E-state index contributed by atoms with van der Waals surface area (Å²) in [5.41, 5.74) is 1.69. The number of hydrogen-bond acceptors (Lipinski definition) is 7. The third kappa shape index (κ3) is 4.17. The number of ether oxygens (including phenoxy) is 1. The zero-order valence-corrected chi connectivity index (χ0v) is 25.8. The number of benzene rings is 3. The Kier molecular flexibility index (Phi) is 6.95. The SMILES string of the molecule is CCOc1cc(C2C3=CCC4C(=O)N(c5ccc(C(C)=O)cc5)C(=O)C4C3CC3C(=O)N(c4ccccc4)C(=O)C32C)ccc1O. The highest BCUT2D eigenvalue weighted by atomic mass is 16.5. The molecule has 9 nitrogen and oxygen atoms in total. The minimum absolute atomic E-state index is 0.0416. The fourth-order valence-corrected chi connectivity index (χ4v) is 8.30. The summed E-state index contributed by atoms with van der Waals surface area (Å²) in [6.45, 7) is 5.40. The average Bonchev–Trinajstić information content (AvgIpc) is 3.42. The first-order valence-electron chi connectivity index (χ1n) is 15.7. The summed E-state index contributed by atoms with van der Waals surface area (Å²) in [6.07, 6.45) is 2.53. The summed E-state index contributed by atoms with van der Waals surface area (Å²) in [7, 11) is 0. The van der Waals surface area contributed by atoms with Crippen LogP contribution in [0.4, 0.5) is 11.4 Å². The summed E-state index contributed by atoms with van der Waals surface area (Å²) in [5.74, 6) is -4.40. The van der Waals surface area contributed by atoms with Crippen LogP contribution in [0.5, 0.6) is 11.5 Å². The number of imide groups is 2. The molecule has 234 valence electrons. The predicted molar refractivity (Wildman–Crippen MR) is 169 cm³/mol. The lowest BCUT2D eigenvalue weighted by molar-refractivity contribution is -0.131. The van der Waals surface area contributed by atoms with E-state index >= 15 is 0 Å². The number of nitrogens with zero attached hydrogens (tertiary/aromatic N) is 2. The lowest BCUT2D eigenvalue weighted by atomic mass is 9.51. The maximum absolute atomic E-state index is 14.5. The van der Waals surface area contributed by atoms with Gasteiger partial charge in [0.1, 0.15) is 0 Å². The van der Waals surface area contributed by atoms with E-state index in [9.17, 15) is 29.1 Å². The van der Waals surface area contributed by atoms with Gasteiger partial charge in [-0.25, -0.2) is 4.90 Å². The van der Waals surface area contributed by atoms with E-state index in [0.717, 1.165) is 5.57 Å². The smallest absolute Gasteiger partial charge is 0.241 e. The quantitative estimate of drug-likeness (QED) is 0.222. The largest absolute Gasteiger partial charge is 0.504 e. The van der Waals surface area contributed by atoms with Gasteiger partial charge in [-0.15, -0.1) is 0 Å². The van der Waals surface area contributed by atoms with Crippen molar-refractivity contribution in [3.05, 3.63) is 95.6 Å². The molecule has 9 heteroatoms. The number of ketones is 1. The Labute approximate surface area is 266 Å². The van der Waals surface area contributed by atoms with Crippen molar-refractivity contribution in [3.8, 4) is 11.5 Å². The van der Waals surface area contributed by atoms with Gasteiger partial charge in [-0.1, -0.05) is 35.9 Å². The van der Waals surface area contributed by atoms with Crippen LogP contribution in [0, 0.1) is 29.1 Å². The number of allylic oxidation sites excluding steroid dienone is 2. The van der Waals surface area contributed by atoms with Crippen molar-refractivity contribution in [2.45, 2.75) is 39.5 Å². The predicted octanol–water partition coefficient (Wildman–Crippen LogP) is 5.43. The molecular weight excluding hydrogens is 584 g/mol. The fraction of sp³-hybridized carbons (Fsp3) is 0.324. The molecule has 1 N–H and O–H groups in total. The van der Waals surface area contributed by atoms with Crippen molar-refractivity contribution in [2.24, 2.45) is 29.1 Å².